The molecule has 0 N–H and O–H groups in total. The van der Waals surface area contributed by atoms with Crippen molar-refractivity contribution in [2.24, 2.45) is 17.3 Å². The number of carbonyl (C=O) groups excluding carboxylic acids is 3. The molecule has 51 heavy (non-hydrogen) atoms. The Kier molecular flexibility index (Phi) is 17.5. The van der Waals surface area contributed by atoms with Crippen LogP contribution in [0.3, 0.4) is 0 Å². The number of esters is 1. The second kappa shape index (κ2) is 19.2. The summed E-state index contributed by atoms with van der Waals surface area (Å²) in [6.45, 7) is 33.6. The lowest BCUT2D eigenvalue weighted by atomic mass is 9.73. The van der Waals surface area contributed by atoms with E-state index in [1.54, 1.807) is 0 Å². The topological polar surface area (TPSA) is 91.1 Å². The lowest BCUT2D eigenvalue weighted by Gasteiger charge is -2.44. The average Bonchev–Trinajstić information content (AvgIpc) is 3.63. The van der Waals surface area contributed by atoms with Gasteiger partial charge in [-0.2, -0.15) is 0 Å². The van der Waals surface area contributed by atoms with Crippen LogP contribution in [-0.2, 0) is 32.7 Å². The maximum Gasteiger partial charge on any atom is 0.309 e. The van der Waals surface area contributed by atoms with Crippen molar-refractivity contribution in [3.8, 4) is 0 Å². The molecular formula is C40H79NO7Si3. The maximum atomic E-state index is 14.9. The predicted molar refractivity (Wildman–Crippen MR) is 218 cm³/mol. The van der Waals surface area contributed by atoms with Gasteiger partial charge in [0.25, 0.3) is 0 Å². The van der Waals surface area contributed by atoms with Crippen molar-refractivity contribution >= 4 is 42.2 Å². The molecule has 0 aromatic rings. The first kappa shape index (κ1) is 46.5. The van der Waals surface area contributed by atoms with Crippen LogP contribution < -0.4 is 0 Å². The Hall–Kier alpha value is -0.699. The van der Waals surface area contributed by atoms with Gasteiger partial charge in [-0.15, -0.1) is 0 Å². The Balaban J connectivity index is 2.61. The number of hydrogen-bond donors (Lipinski definition) is 0. The lowest BCUT2D eigenvalue weighted by molar-refractivity contribution is -0.159. The molecule has 8 atom stereocenters. The summed E-state index contributed by atoms with van der Waals surface area (Å²) < 4.78 is 26.7. The third-order valence-corrected chi connectivity index (χ3v) is 24.3. The Bertz CT molecular complexity index is 1120. The van der Waals surface area contributed by atoms with Crippen molar-refractivity contribution in [2.75, 3.05) is 13.3 Å². The van der Waals surface area contributed by atoms with E-state index >= 15 is 0 Å². The first-order chi connectivity index (χ1) is 23.6. The number of ketones is 2. The number of cyclic esters (lactones) is 1. The van der Waals surface area contributed by atoms with E-state index in [1.165, 1.54) is 6.92 Å². The highest BCUT2D eigenvalue weighted by molar-refractivity contribution is 6.76. The van der Waals surface area contributed by atoms with Crippen molar-refractivity contribution in [1.82, 2.24) is 4.90 Å². The standard InChI is InChI=1S/C40H79NO7Si3/c1-16-50(17-2,18-3)47-35-28-36(43)46-33(32(9)42)27-34-40(12,41(34)29-45-25-26-49(13,14)15)24-22-23-30(7)37(31(8)38(44)39(35,10)11)48-51(19-4,20-5)21-6/h30-31,33-35,37H,16-29H2,1-15H3/t30-,31+,33-,34-,35-,37-,40+,41?/m0/s1. The number of hydrogen-bond acceptors (Lipinski definition) is 8. The van der Waals surface area contributed by atoms with Crippen LogP contribution in [0.1, 0.15) is 115 Å². The number of carbonyl (C=O) groups is 3. The third kappa shape index (κ3) is 11.9. The van der Waals surface area contributed by atoms with E-state index < -0.39 is 48.3 Å². The minimum absolute atomic E-state index is 0.0614. The molecule has 0 aromatic carbocycles. The van der Waals surface area contributed by atoms with Gasteiger partial charge in [0, 0.05) is 44.0 Å². The Morgan fingerprint density at radius 3 is 1.90 bits per heavy atom. The largest absolute Gasteiger partial charge is 0.454 e. The highest BCUT2D eigenvalue weighted by Crippen LogP contribution is 2.48. The zero-order chi connectivity index (χ0) is 39.0. The summed E-state index contributed by atoms with van der Waals surface area (Å²) in [4.78, 5) is 44.2. The molecular weight excluding hydrogens is 691 g/mol. The predicted octanol–water partition coefficient (Wildman–Crippen LogP) is 9.85. The second-order valence-electron chi connectivity index (χ2n) is 18.1. The molecule has 1 unspecified atom stereocenters. The van der Waals surface area contributed by atoms with Crippen LogP contribution >= 0.6 is 0 Å². The normalized spacial score (nSPS) is 31.5. The molecule has 2 heterocycles. The molecule has 0 spiro atoms. The van der Waals surface area contributed by atoms with Gasteiger partial charge in [0.15, 0.2) is 28.5 Å². The van der Waals surface area contributed by atoms with E-state index in [4.69, 9.17) is 18.3 Å². The minimum Gasteiger partial charge on any atom is -0.454 e. The van der Waals surface area contributed by atoms with Crippen LogP contribution in [0.5, 0.6) is 0 Å². The number of Topliss-reactive ketones (excluding diaryl/α,β-unsaturated/α-hetero) is 2. The van der Waals surface area contributed by atoms with Crippen LogP contribution in [0.2, 0.25) is 61.9 Å². The van der Waals surface area contributed by atoms with Crippen molar-refractivity contribution in [1.29, 1.82) is 0 Å². The average molecular weight is 770 g/mol. The fourth-order valence-corrected chi connectivity index (χ4v) is 15.2. The number of nitrogens with zero attached hydrogens (tertiary/aromatic N) is 1. The summed E-state index contributed by atoms with van der Waals surface area (Å²) in [6.07, 6.45) is 1.51. The van der Waals surface area contributed by atoms with Crippen molar-refractivity contribution in [2.45, 2.75) is 207 Å². The highest BCUT2D eigenvalue weighted by Gasteiger charge is 2.59. The van der Waals surface area contributed by atoms with Gasteiger partial charge >= 0.3 is 5.97 Å². The summed E-state index contributed by atoms with van der Waals surface area (Å²) in [7, 11) is -5.53. The highest BCUT2D eigenvalue weighted by atomic mass is 28.4. The number of ether oxygens (including phenoxy) is 2. The van der Waals surface area contributed by atoms with Crippen LogP contribution in [-0.4, -0.2) is 90.4 Å². The van der Waals surface area contributed by atoms with E-state index in [0.717, 1.165) is 68.2 Å². The first-order valence-corrected chi connectivity index (χ1v) is 29.4. The van der Waals surface area contributed by atoms with Crippen LogP contribution in [0.15, 0.2) is 0 Å². The summed E-state index contributed by atoms with van der Waals surface area (Å²) in [5, 5.41) is 0. The van der Waals surface area contributed by atoms with Gasteiger partial charge in [0.2, 0.25) is 0 Å². The molecule has 0 amide bonds. The fourth-order valence-electron chi connectivity index (χ4n) is 8.49. The molecule has 11 heteroatoms. The maximum absolute atomic E-state index is 14.9. The molecule has 0 bridgehead atoms. The molecule has 2 saturated heterocycles. The van der Waals surface area contributed by atoms with Gasteiger partial charge < -0.3 is 18.3 Å². The van der Waals surface area contributed by atoms with E-state index in [9.17, 15) is 14.4 Å². The second-order valence-corrected chi connectivity index (χ2v) is 33.2. The van der Waals surface area contributed by atoms with Gasteiger partial charge in [-0.05, 0) is 74.9 Å². The molecule has 0 radical (unpaired) electrons. The Morgan fingerprint density at radius 2 is 1.41 bits per heavy atom. The van der Waals surface area contributed by atoms with E-state index in [-0.39, 0.29) is 47.5 Å². The minimum atomic E-state index is -2.24. The van der Waals surface area contributed by atoms with Crippen LogP contribution in [0, 0.1) is 17.3 Å². The van der Waals surface area contributed by atoms with Gasteiger partial charge in [0.1, 0.15) is 5.78 Å². The lowest BCUT2D eigenvalue weighted by Crippen LogP contribution is -2.53. The van der Waals surface area contributed by atoms with E-state index in [1.807, 2.05) is 13.8 Å². The summed E-state index contributed by atoms with van der Waals surface area (Å²) in [5.74, 6) is -0.726. The van der Waals surface area contributed by atoms with E-state index in [0.29, 0.717) is 13.2 Å². The molecule has 2 aliphatic heterocycles. The van der Waals surface area contributed by atoms with Crippen molar-refractivity contribution in [3.05, 3.63) is 0 Å². The Morgan fingerprint density at radius 1 is 0.882 bits per heavy atom. The Labute approximate surface area is 316 Å². The molecule has 298 valence electrons. The van der Waals surface area contributed by atoms with Crippen LogP contribution in [0.25, 0.3) is 0 Å². The number of rotatable bonds is 16. The van der Waals surface area contributed by atoms with Gasteiger partial charge in [0.05, 0.1) is 25.4 Å². The van der Waals surface area contributed by atoms with Crippen molar-refractivity contribution < 1.29 is 32.7 Å². The fraction of sp³-hybridized carbons (Fsp3) is 0.925. The number of fused-ring (bicyclic) bond motifs is 1. The van der Waals surface area contributed by atoms with E-state index in [2.05, 4.69) is 86.9 Å². The quantitative estimate of drug-likeness (QED) is 0.0664. The summed E-state index contributed by atoms with van der Waals surface area (Å²) >= 11 is 0. The molecule has 2 aliphatic rings. The zero-order valence-electron chi connectivity index (χ0n) is 35.7. The zero-order valence-corrected chi connectivity index (χ0v) is 38.7. The monoisotopic (exact) mass is 770 g/mol. The van der Waals surface area contributed by atoms with Crippen LogP contribution in [0.4, 0.5) is 0 Å². The molecule has 0 aliphatic carbocycles. The van der Waals surface area contributed by atoms with Gasteiger partial charge in [-0.25, -0.2) is 0 Å². The molecule has 0 saturated carbocycles. The molecule has 2 rings (SSSR count). The van der Waals surface area contributed by atoms with Gasteiger partial charge in [-0.3, -0.25) is 19.3 Å². The van der Waals surface area contributed by atoms with Crippen molar-refractivity contribution in [3.63, 3.8) is 0 Å². The molecule has 8 nitrogen and oxygen atoms in total. The molecule has 2 fully saturated rings. The SMILES string of the molecule is CC[Si](CC)(CC)O[C@H]1[C@@H](C)CCC[C@]2(C)[C@H](C[C@@H](C(C)=O)OC(=O)C[C@H](O[Si](CC)(CC)CC)C(C)(C)C(=O)[C@@H]1C)N2COCC[Si](C)(C)C. The summed E-state index contributed by atoms with van der Waals surface area (Å²) in [5.41, 5.74) is -1.13. The summed E-state index contributed by atoms with van der Waals surface area (Å²) in [6, 6.07) is 6.94. The van der Waals surface area contributed by atoms with Gasteiger partial charge in [-0.1, -0.05) is 95.3 Å². The first-order valence-electron chi connectivity index (χ1n) is 20.6. The molecule has 0 aromatic heterocycles. The third-order valence-electron chi connectivity index (χ3n) is 13.3. The smallest absolute Gasteiger partial charge is 0.309 e.